The molecular weight excluding hydrogens is 272 g/mol. The van der Waals surface area contributed by atoms with Crippen molar-refractivity contribution in [2.45, 2.75) is 0 Å². The Labute approximate surface area is 101 Å². The molecule has 0 saturated heterocycles. The standard InChI is InChI=1S/C11H9BrN2O2/c12-10-7-6-9(16-10)11(15)14-13-8-4-2-1-3-5-8/h1-7,13H,(H,14,15). The first-order valence-electron chi connectivity index (χ1n) is 4.62. The number of benzene rings is 1. The Morgan fingerprint density at radius 1 is 1.12 bits per heavy atom. The number of hydrazine groups is 1. The number of anilines is 1. The topological polar surface area (TPSA) is 54.3 Å². The molecule has 1 heterocycles. The van der Waals surface area contributed by atoms with Crippen LogP contribution in [-0.2, 0) is 0 Å². The number of hydrogen-bond acceptors (Lipinski definition) is 3. The fourth-order valence-corrected chi connectivity index (χ4v) is 1.45. The van der Waals surface area contributed by atoms with E-state index in [2.05, 4.69) is 26.8 Å². The van der Waals surface area contributed by atoms with E-state index in [0.717, 1.165) is 5.69 Å². The van der Waals surface area contributed by atoms with Gasteiger partial charge in [-0.25, -0.2) is 0 Å². The number of nitrogens with one attached hydrogen (secondary N) is 2. The van der Waals surface area contributed by atoms with Crippen LogP contribution >= 0.6 is 15.9 Å². The van der Waals surface area contributed by atoms with Crippen LogP contribution in [0.15, 0.2) is 51.6 Å². The fourth-order valence-electron chi connectivity index (χ4n) is 1.15. The minimum atomic E-state index is -0.324. The van der Waals surface area contributed by atoms with Crippen LogP contribution in [0.1, 0.15) is 10.6 Å². The number of amides is 1. The van der Waals surface area contributed by atoms with Gasteiger partial charge >= 0.3 is 5.91 Å². The van der Waals surface area contributed by atoms with Crippen LogP contribution in [0.25, 0.3) is 0 Å². The van der Waals surface area contributed by atoms with Crippen LogP contribution in [0.5, 0.6) is 0 Å². The monoisotopic (exact) mass is 280 g/mol. The normalized spacial score (nSPS) is 9.81. The van der Waals surface area contributed by atoms with Crippen LogP contribution < -0.4 is 10.9 Å². The first kappa shape index (κ1) is 10.8. The quantitative estimate of drug-likeness (QED) is 0.850. The average molecular weight is 281 g/mol. The molecule has 5 heteroatoms. The van der Waals surface area contributed by atoms with Gasteiger partial charge in [0.05, 0.1) is 5.69 Å². The number of furan rings is 1. The van der Waals surface area contributed by atoms with Crippen LogP contribution in [0.2, 0.25) is 0 Å². The first-order chi connectivity index (χ1) is 7.75. The van der Waals surface area contributed by atoms with Crippen molar-refractivity contribution in [2.24, 2.45) is 0 Å². The second-order valence-electron chi connectivity index (χ2n) is 3.05. The maximum absolute atomic E-state index is 11.5. The lowest BCUT2D eigenvalue weighted by atomic mass is 10.3. The summed E-state index contributed by atoms with van der Waals surface area (Å²) in [6.45, 7) is 0. The molecule has 2 aromatic rings. The van der Waals surface area contributed by atoms with E-state index in [1.165, 1.54) is 0 Å². The Morgan fingerprint density at radius 2 is 1.88 bits per heavy atom. The van der Waals surface area contributed by atoms with Gasteiger partial charge in [0.1, 0.15) is 0 Å². The lowest BCUT2D eigenvalue weighted by Gasteiger charge is -2.06. The Hall–Kier alpha value is -1.75. The summed E-state index contributed by atoms with van der Waals surface area (Å²) in [4.78, 5) is 11.5. The molecule has 2 rings (SSSR count). The molecule has 0 aliphatic heterocycles. The molecule has 0 aliphatic carbocycles. The molecule has 1 aromatic heterocycles. The molecule has 0 bridgehead atoms. The molecule has 0 spiro atoms. The van der Waals surface area contributed by atoms with Crippen molar-refractivity contribution in [3.63, 3.8) is 0 Å². The van der Waals surface area contributed by atoms with Crippen molar-refractivity contribution in [3.05, 3.63) is 52.9 Å². The van der Waals surface area contributed by atoms with Gasteiger partial charge in [-0.15, -0.1) is 0 Å². The SMILES string of the molecule is O=C(NNc1ccccc1)c1ccc(Br)o1. The summed E-state index contributed by atoms with van der Waals surface area (Å²) in [5.74, 6) is -0.0788. The molecule has 0 unspecified atom stereocenters. The van der Waals surface area contributed by atoms with Gasteiger partial charge in [0.15, 0.2) is 10.4 Å². The van der Waals surface area contributed by atoms with Crippen molar-refractivity contribution in [2.75, 3.05) is 5.43 Å². The smallest absolute Gasteiger partial charge is 0.305 e. The summed E-state index contributed by atoms with van der Waals surface area (Å²) in [6, 6.07) is 12.6. The van der Waals surface area contributed by atoms with Gasteiger partial charge in [-0.2, -0.15) is 0 Å². The van der Waals surface area contributed by atoms with Gasteiger partial charge in [0.25, 0.3) is 0 Å². The van der Waals surface area contributed by atoms with Crippen LogP contribution in [0, 0.1) is 0 Å². The van der Waals surface area contributed by atoms with Crippen molar-refractivity contribution in [1.82, 2.24) is 5.43 Å². The van der Waals surface area contributed by atoms with E-state index in [-0.39, 0.29) is 11.7 Å². The maximum atomic E-state index is 11.5. The van der Waals surface area contributed by atoms with Gasteiger partial charge in [-0.05, 0) is 40.2 Å². The summed E-state index contributed by atoms with van der Waals surface area (Å²) in [5, 5.41) is 0. The Kier molecular flexibility index (Phi) is 3.26. The molecule has 0 radical (unpaired) electrons. The Bertz CT molecular complexity index is 482. The highest BCUT2D eigenvalue weighted by Crippen LogP contribution is 2.13. The zero-order valence-electron chi connectivity index (χ0n) is 8.24. The van der Waals surface area contributed by atoms with Crippen molar-refractivity contribution >= 4 is 27.5 Å². The average Bonchev–Trinajstić information content (AvgIpc) is 2.74. The lowest BCUT2D eigenvalue weighted by molar-refractivity contribution is 0.0934. The second kappa shape index (κ2) is 4.85. The largest absolute Gasteiger partial charge is 0.444 e. The molecule has 4 nitrogen and oxygen atoms in total. The van der Waals surface area contributed by atoms with Gasteiger partial charge in [-0.3, -0.25) is 15.6 Å². The highest BCUT2D eigenvalue weighted by molar-refractivity contribution is 9.10. The van der Waals surface area contributed by atoms with Crippen LogP contribution in [-0.4, -0.2) is 5.91 Å². The minimum absolute atomic E-state index is 0.246. The molecule has 2 N–H and O–H groups in total. The summed E-state index contributed by atoms with van der Waals surface area (Å²) in [5.41, 5.74) is 6.11. The molecule has 0 saturated carbocycles. The zero-order chi connectivity index (χ0) is 11.4. The predicted molar refractivity (Wildman–Crippen MR) is 63.9 cm³/mol. The van der Waals surface area contributed by atoms with E-state index in [4.69, 9.17) is 4.42 Å². The third-order valence-corrected chi connectivity index (χ3v) is 2.32. The molecular formula is C11H9BrN2O2. The highest BCUT2D eigenvalue weighted by atomic mass is 79.9. The summed E-state index contributed by atoms with van der Waals surface area (Å²) in [7, 11) is 0. The fraction of sp³-hybridized carbons (Fsp3) is 0. The Balaban J connectivity index is 1.94. The maximum Gasteiger partial charge on any atom is 0.305 e. The number of rotatable bonds is 3. The van der Waals surface area contributed by atoms with Crippen LogP contribution in [0.3, 0.4) is 0 Å². The van der Waals surface area contributed by atoms with E-state index in [9.17, 15) is 4.79 Å². The molecule has 0 fully saturated rings. The third kappa shape index (κ3) is 2.64. The molecule has 1 aromatic carbocycles. The second-order valence-corrected chi connectivity index (χ2v) is 3.83. The van der Waals surface area contributed by atoms with E-state index in [1.54, 1.807) is 12.1 Å². The van der Waals surface area contributed by atoms with Gasteiger partial charge in [0, 0.05) is 0 Å². The lowest BCUT2D eigenvalue weighted by Crippen LogP contribution is -2.28. The van der Waals surface area contributed by atoms with Gasteiger partial charge < -0.3 is 4.42 Å². The van der Waals surface area contributed by atoms with E-state index >= 15 is 0 Å². The van der Waals surface area contributed by atoms with Crippen molar-refractivity contribution in [1.29, 1.82) is 0 Å². The van der Waals surface area contributed by atoms with E-state index in [1.807, 2.05) is 30.3 Å². The number of carbonyl (C=O) groups excluding carboxylic acids is 1. The number of hydrogen-bond donors (Lipinski definition) is 2. The minimum Gasteiger partial charge on any atom is -0.444 e. The predicted octanol–water partition coefficient (Wildman–Crippen LogP) is 2.80. The van der Waals surface area contributed by atoms with Gasteiger partial charge in [-0.1, -0.05) is 18.2 Å². The van der Waals surface area contributed by atoms with E-state index in [0.29, 0.717) is 4.67 Å². The van der Waals surface area contributed by atoms with Crippen LogP contribution in [0.4, 0.5) is 5.69 Å². The molecule has 82 valence electrons. The Morgan fingerprint density at radius 3 is 2.50 bits per heavy atom. The summed E-state index contributed by atoms with van der Waals surface area (Å²) in [6.07, 6.45) is 0. The van der Waals surface area contributed by atoms with Crippen molar-refractivity contribution in [3.8, 4) is 0 Å². The van der Waals surface area contributed by atoms with Crippen molar-refractivity contribution < 1.29 is 9.21 Å². The first-order valence-corrected chi connectivity index (χ1v) is 5.42. The molecule has 1 amide bonds. The summed E-state index contributed by atoms with van der Waals surface area (Å²) < 4.78 is 5.62. The number of para-hydroxylation sites is 1. The zero-order valence-corrected chi connectivity index (χ0v) is 9.82. The number of halogens is 1. The molecule has 16 heavy (non-hydrogen) atoms. The highest BCUT2D eigenvalue weighted by Gasteiger charge is 2.09. The third-order valence-electron chi connectivity index (χ3n) is 1.89. The van der Waals surface area contributed by atoms with Gasteiger partial charge in [0.2, 0.25) is 0 Å². The van der Waals surface area contributed by atoms with E-state index < -0.39 is 0 Å². The molecule has 0 atom stereocenters. The number of carbonyl (C=O) groups is 1. The summed E-state index contributed by atoms with van der Waals surface area (Å²) >= 11 is 3.13. The molecule has 0 aliphatic rings.